The number of aryl methyl sites for hydroxylation is 1. The Morgan fingerprint density at radius 3 is 2.66 bits per heavy atom. The number of nitriles is 1. The van der Waals surface area contributed by atoms with Crippen molar-refractivity contribution in [1.29, 1.82) is 5.26 Å². The topological polar surface area (TPSA) is 101 Å². The number of hydrogen-bond donors (Lipinski definition) is 0. The smallest absolute Gasteiger partial charge is 0.410 e. The zero-order valence-corrected chi connectivity index (χ0v) is 32.1. The largest absolute Gasteiger partial charge is 0.450 e. The van der Waals surface area contributed by atoms with Gasteiger partial charge in [0.2, 0.25) is 0 Å². The molecule has 5 heterocycles. The summed E-state index contributed by atoms with van der Waals surface area (Å²) in [5.74, 6) is 0.542. The molecular weight excluding hydrogens is 701 g/mol. The third kappa shape index (κ3) is 5.24. The van der Waals surface area contributed by atoms with Gasteiger partial charge >= 0.3 is 12.2 Å². The van der Waals surface area contributed by atoms with Crippen LogP contribution in [-0.2, 0) is 15.9 Å². The van der Waals surface area contributed by atoms with Crippen molar-refractivity contribution in [2.24, 2.45) is 17.8 Å². The molecule has 7 atom stereocenters. The molecular formula is C34H41BrFN5O4SSi. The van der Waals surface area contributed by atoms with Crippen molar-refractivity contribution < 1.29 is 23.5 Å². The van der Waals surface area contributed by atoms with Crippen LogP contribution in [0.2, 0.25) is 6.04 Å². The van der Waals surface area contributed by atoms with E-state index >= 15 is 4.39 Å². The molecule has 0 spiro atoms. The summed E-state index contributed by atoms with van der Waals surface area (Å²) in [6, 6.07) is 6.94. The predicted octanol–water partition coefficient (Wildman–Crippen LogP) is 6.75. The zero-order valence-electron chi connectivity index (χ0n) is 27.7. The molecule has 0 N–H and O–H groups in total. The SMILES string of the molecule is CSc1nc2c(F)c(Br)c(CCC#N)cc2c2c1cc([C@H]1C[C@H]3[C@@H](C)[C@H]3N1C(=O)OCC[SiH3])n2[C@H]1[C@@H]2C[C@H]1N(C(=O)OC(C)(C)C)C2. The molecule has 2 saturated carbocycles. The van der Waals surface area contributed by atoms with Crippen LogP contribution in [0.3, 0.4) is 0 Å². The van der Waals surface area contributed by atoms with Gasteiger partial charge < -0.3 is 18.9 Å². The van der Waals surface area contributed by atoms with Gasteiger partial charge in [0.05, 0.1) is 40.8 Å². The van der Waals surface area contributed by atoms with Crippen molar-refractivity contribution in [3.05, 3.63) is 33.7 Å². The molecule has 5 fully saturated rings. The van der Waals surface area contributed by atoms with Crippen LogP contribution in [0.5, 0.6) is 0 Å². The Morgan fingerprint density at radius 1 is 1.21 bits per heavy atom. The van der Waals surface area contributed by atoms with Crippen molar-refractivity contribution >= 4 is 71.9 Å². The minimum absolute atomic E-state index is 0.0709. The molecule has 13 heteroatoms. The van der Waals surface area contributed by atoms with E-state index in [0.29, 0.717) is 51.9 Å². The van der Waals surface area contributed by atoms with E-state index in [0.717, 1.165) is 45.7 Å². The lowest BCUT2D eigenvalue weighted by Crippen LogP contribution is -2.45. The Bertz CT molecular complexity index is 1840. The van der Waals surface area contributed by atoms with E-state index in [2.05, 4.69) is 39.6 Å². The number of ether oxygens (including phenoxy) is 2. The minimum Gasteiger partial charge on any atom is -0.450 e. The fraction of sp³-hybridized carbons (Fsp3) is 0.588. The minimum atomic E-state index is -0.617. The van der Waals surface area contributed by atoms with Crippen molar-refractivity contribution in [1.82, 2.24) is 19.4 Å². The molecule has 2 bridgehead atoms. The number of carbonyl (C=O) groups is 2. The summed E-state index contributed by atoms with van der Waals surface area (Å²) in [7, 11) is 0.959. The van der Waals surface area contributed by atoms with Crippen LogP contribution in [0.4, 0.5) is 14.0 Å². The average molecular weight is 743 g/mol. The van der Waals surface area contributed by atoms with Gasteiger partial charge in [-0.1, -0.05) is 6.92 Å². The summed E-state index contributed by atoms with van der Waals surface area (Å²) < 4.78 is 30.5. The van der Waals surface area contributed by atoms with Gasteiger partial charge in [-0.25, -0.2) is 19.0 Å². The van der Waals surface area contributed by atoms with Crippen molar-refractivity contribution in [3.63, 3.8) is 0 Å². The Hall–Kier alpha value is -2.82. The molecule has 0 unspecified atom stereocenters. The molecule has 8 rings (SSSR count). The molecule has 5 aliphatic rings. The fourth-order valence-electron chi connectivity index (χ4n) is 8.40. The Labute approximate surface area is 290 Å². The maximum atomic E-state index is 16.2. The van der Waals surface area contributed by atoms with E-state index in [1.807, 2.05) is 42.9 Å². The monoisotopic (exact) mass is 741 g/mol. The average Bonchev–Trinajstić information content (AvgIpc) is 3.56. The quantitative estimate of drug-likeness (QED) is 0.195. The number of carbonyl (C=O) groups excluding carboxylic acids is 2. The lowest BCUT2D eigenvalue weighted by atomic mass is 9.79. The van der Waals surface area contributed by atoms with Gasteiger partial charge in [-0.2, -0.15) is 5.26 Å². The maximum Gasteiger partial charge on any atom is 0.410 e. The molecule has 250 valence electrons. The molecule has 2 amide bonds. The Kier molecular flexibility index (Phi) is 8.32. The van der Waals surface area contributed by atoms with E-state index in [9.17, 15) is 14.9 Å². The van der Waals surface area contributed by atoms with E-state index in [-0.39, 0.29) is 54.2 Å². The second-order valence-corrected chi connectivity index (χ2v) is 17.1. The summed E-state index contributed by atoms with van der Waals surface area (Å²) in [6.45, 7) is 8.83. The van der Waals surface area contributed by atoms with Crippen LogP contribution < -0.4 is 0 Å². The number of thioether (sulfide) groups is 1. The highest BCUT2D eigenvalue weighted by Crippen LogP contribution is 2.60. The number of hydrogen-bond acceptors (Lipinski definition) is 7. The lowest BCUT2D eigenvalue weighted by molar-refractivity contribution is 0.0208. The van der Waals surface area contributed by atoms with Gasteiger partial charge in [0.1, 0.15) is 16.1 Å². The van der Waals surface area contributed by atoms with Crippen molar-refractivity contribution in [3.8, 4) is 6.07 Å². The second kappa shape index (κ2) is 11.9. The van der Waals surface area contributed by atoms with Crippen LogP contribution in [0.1, 0.15) is 70.3 Å². The number of halogens is 2. The van der Waals surface area contributed by atoms with Crippen LogP contribution >= 0.6 is 27.7 Å². The number of rotatable bonds is 7. The molecule has 47 heavy (non-hydrogen) atoms. The predicted molar refractivity (Wildman–Crippen MR) is 186 cm³/mol. The first-order valence-corrected chi connectivity index (χ1v) is 20.0. The van der Waals surface area contributed by atoms with E-state index in [1.54, 1.807) is 0 Å². The van der Waals surface area contributed by atoms with Gasteiger partial charge in [0.25, 0.3) is 0 Å². The zero-order chi connectivity index (χ0) is 33.5. The molecule has 2 aromatic heterocycles. The summed E-state index contributed by atoms with van der Waals surface area (Å²) in [4.78, 5) is 35.8. The van der Waals surface area contributed by atoms with Gasteiger partial charge in [-0.05, 0) is 97.8 Å². The first-order chi connectivity index (χ1) is 22.4. The maximum absolute atomic E-state index is 16.2. The van der Waals surface area contributed by atoms with Gasteiger partial charge in [-0.15, -0.1) is 11.8 Å². The molecule has 1 aromatic carbocycles. The van der Waals surface area contributed by atoms with Crippen LogP contribution in [-0.4, -0.2) is 78.9 Å². The third-order valence-corrected chi connectivity index (χ3v) is 12.5. The second-order valence-electron chi connectivity index (χ2n) is 14.5. The van der Waals surface area contributed by atoms with E-state index in [4.69, 9.17) is 14.5 Å². The number of benzene rings is 1. The van der Waals surface area contributed by atoms with Crippen molar-refractivity contribution in [2.45, 2.75) is 94.2 Å². The number of aromatic nitrogens is 2. The molecule has 3 saturated heterocycles. The standard InChI is InChI=1S/C34H41BrFN5O4SSi/c1-16-19-13-23(41(28(16)19)33(43)44-9-10-47)22-14-21-30(40(22)29-18-12-24(29)39(15-18)32(42)45-34(2,3)4)20-11-17(7-6-8-37)25(35)26(36)27(20)38-31(21)46-5/h11,14,16,18-19,23-24,28-29H,6-7,9-10,12-13,15H2,1-5,47H3/t16-,18-,19+,23-,24-,28-,29+/m1/s1. The highest BCUT2D eigenvalue weighted by molar-refractivity contribution is 9.10. The van der Waals surface area contributed by atoms with Crippen molar-refractivity contribution in [2.75, 3.05) is 19.4 Å². The van der Waals surface area contributed by atoms with Gasteiger partial charge in [0, 0.05) is 51.6 Å². The molecule has 3 aromatic rings. The lowest BCUT2D eigenvalue weighted by Gasteiger charge is -2.41. The van der Waals surface area contributed by atoms with Crippen LogP contribution in [0, 0.1) is 34.9 Å². The number of piperidine rings is 1. The first-order valence-electron chi connectivity index (χ1n) is 16.6. The molecule has 2 aliphatic carbocycles. The number of amides is 2. The van der Waals surface area contributed by atoms with Gasteiger partial charge in [-0.3, -0.25) is 4.90 Å². The molecule has 9 nitrogen and oxygen atoms in total. The van der Waals surface area contributed by atoms with E-state index < -0.39 is 11.4 Å². The summed E-state index contributed by atoms with van der Waals surface area (Å²) in [6.07, 6.45) is 3.69. The first kappa shape index (κ1) is 32.7. The highest BCUT2D eigenvalue weighted by Gasteiger charge is 2.62. The Morgan fingerprint density at radius 2 is 1.98 bits per heavy atom. The number of fused-ring (bicyclic) bond motifs is 5. The number of likely N-dealkylation sites (tertiary alicyclic amines) is 1. The van der Waals surface area contributed by atoms with E-state index in [1.165, 1.54) is 11.8 Å². The fourth-order valence-corrected chi connectivity index (χ4v) is 9.67. The highest BCUT2D eigenvalue weighted by atomic mass is 79.9. The summed E-state index contributed by atoms with van der Waals surface area (Å²) in [5.41, 5.74) is 2.21. The molecule has 3 aliphatic heterocycles. The third-order valence-electron chi connectivity index (χ3n) is 10.5. The number of nitrogens with zero attached hydrogens (tertiary/aromatic N) is 5. The number of pyridine rings is 1. The van der Waals surface area contributed by atoms with Gasteiger partial charge in [0.15, 0.2) is 5.82 Å². The Balaban J connectivity index is 1.45. The summed E-state index contributed by atoms with van der Waals surface area (Å²) >= 11 is 4.93. The summed E-state index contributed by atoms with van der Waals surface area (Å²) in [5, 5.41) is 11.6. The van der Waals surface area contributed by atoms with Crippen LogP contribution in [0.15, 0.2) is 21.6 Å². The van der Waals surface area contributed by atoms with Crippen LogP contribution in [0.25, 0.3) is 21.8 Å². The normalized spacial score (nSPS) is 27.7. The molecule has 0 radical (unpaired) electrons.